The number of hydrogen-bond acceptors (Lipinski definition) is 0. The average molecular weight is 982 g/mol. The van der Waals surface area contributed by atoms with Crippen LogP contribution in [0.5, 0.6) is 0 Å². The first-order chi connectivity index (χ1) is 28.3. The zero-order valence-electron chi connectivity index (χ0n) is 32.1. The molecule has 0 aliphatic heterocycles. The van der Waals surface area contributed by atoms with Crippen molar-refractivity contribution in [2.24, 2.45) is 0 Å². The molecule has 0 nitrogen and oxygen atoms in total. The molecule has 9 aromatic rings. The Morgan fingerprint density at radius 3 is 0.310 bits per heavy atom. The number of rotatable bonds is 9. The van der Waals surface area contributed by atoms with Gasteiger partial charge in [0.15, 0.2) is 0 Å². The summed E-state index contributed by atoms with van der Waals surface area (Å²) in [5.41, 5.74) is 0. The Kier molecular flexibility index (Phi) is 17.2. The van der Waals surface area contributed by atoms with Crippen molar-refractivity contribution in [3.05, 3.63) is 273 Å². The SMILES string of the molecule is [Pt+2].c1ccc(P(c2ccccc2)c2ccccc2)cc1.c1ccc(P(c2ccccc2)c2ccccc2)cc1.c1ccc(P(c2ccccc2)c2ccccc2)cc1. The van der Waals surface area contributed by atoms with E-state index in [2.05, 4.69) is 273 Å². The van der Waals surface area contributed by atoms with Gasteiger partial charge < -0.3 is 0 Å². The fourth-order valence-corrected chi connectivity index (χ4v) is 13.5. The van der Waals surface area contributed by atoms with Gasteiger partial charge in [0.05, 0.1) is 0 Å². The van der Waals surface area contributed by atoms with E-state index in [9.17, 15) is 0 Å². The Labute approximate surface area is 363 Å². The van der Waals surface area contributed by atoms with Crippen LogP contribution >= 0.6 is 23.8 Å². The van der Waals surface area contributed by atoms with Crippen LogP contribution in [0.3, 0.4) is 0 Å². The fourth-order valence-electron chi connectivity index (χ4n) is 6.54. The summed E-state index contributed by atoms with van der Waals surface area (Å²) in [7, 11) is -1.34. The van der Waals surface area contributed by atoms with E-state index in [0.29, 0.717) is 0 Å². The molecule has 0 fully saturated rings. The molecule has 9 rings (SSSR count). The second-order valence-electron chi connectivity index (χ2n) is 13.0. The van der Waals surface area contributed by atoms with E-state index in [1.54, 1.807) is 0 Å². The van der Waals surface area contributed by atoms with Crippen LogP contribution in [-0.4, -0.2) is 0 Å². The summed E-state index contributed by atoms with van der Waals surface area (Å²) in [5, 5.41) is 12.6. The van der Waals surface area contributed by atoms with Crippen LogP contribution in [0.15, 0.2) is 273 Å². The summed E-state index contributed by atoms with van der Waals surface area (Å²) >= 11 is 0. The third kappa shape index (κ3) is 12.0. The molecule has 0 radical (unpaired) electrons. The van der Waals surface area contributed by atoms with Crippen molar-refractivity contribution in [3.8, 4) is 0 Å². The maximum atomic E-state index is 2.23. The van der Waals surface area contributed by atoms with Crippen LogP contribution in [0.2, 0.25) is 0 Å². The second kappa shape index (κ2) is 23.4. The van der Waals surface area contributed by atoms with Crippen molar-refractivity contribution >= 4 is 71.5 Å². The van der Waals surface area contributed by atoms with E-state index in [4.69, 9.17) is 0 Å². The predicted molar refractivity (Wildman–Crippen MR) is 255 cm³/mol. The maximum Gasteiger partial charge on any atom is 2.00 e. The van der Waals surface area contributed by atoms with Gasteiger partial charge in [0, 0.05) is 0 Å². The van der Waals surface area contributed by atoms with Gasteiger partial charge in [-0.25, -0.2) is 0 Å². The molecule has 0 amide bonds. The van der Waals surface area contributed by atoms with E-state index in [0.717, 1.165) is 0 Å². The minimum atomic E-state index is -0.446. The molecule has 0 heterocycles. The average Bonchev–Trinajstić information content (AvgIpc) is 3.30. The molecule has 0 atom stereocenters. The van der Waals surface area contributed by atoms with Crippen LogP contribution in [0.25, 0.3) is 0 Å². The molecule has 0 bridgehead atoms. The Hall–Kier alpha value is -5.04. The summed E-state index contributed by atoms with van der Waals surface area (Å²) in [6.07, 6.45) is 0. The van der Waals surface area contributed by atoms with E-state index in [1.807, 2.05) is 0 Å². The molecule has 0 unspecified atom stereocenters. The normalized spacial score (nSPS) is 10.4. The summed E-state index contributed by atoms with van der Waals surface area (Å²) in [5.74, 6) is 0. The molecular formula is C54H45P3Pt+2. The van der Waals surface area contributed by atoms with Crippen LogP contribution in [0, 0.1) is 0 Å². The molecule has 58 heavy (non-hydrogen) atoms. The monoisotopic (exact) mass is 981 g/mol. The van der Waals surface area contributed by atoms with Crippen molar-refractivity contribution in [2.75, 3.05) is 0 Å². The summed E-state index contributed by atoms with van der Waals surface area (Å²) in [6, 6.07) is 97.0. The van der Waals surface area contributed by atoms with Crippen LogP contribution in [0.4, 0.5) is 0 Å². The van der Waals surface area contributed by atoms with Crippen LogP contribution in [-0.2, 0) is 21.1 Å². The molecular weight excluding hydrogens is 937 g/mol. The smallest absolute Gasteiger partial charge is 0.0622 e. The van der Waals surface area contributed by atoms with Gasteiger partial charge in [-0.3, -0.25) is 0 Å². The van der Waals surface area contributed by atoms with Gasteiger partial charge in [-0.2, -0.15) is 0 Å². The van der Waals surface area contributed by atoms with Gasteiger partial charge >= 0.3 is 21.1 Å². The Balaban J connectivity index is 0.000000145. The van der Waals surface area contributed by atoms with Gasteiger partial charge in [0.25, 0.3) is 0 Å². The van der Waals surface area contributed by atoms with E-state index in [1.165, 1.54) is 47.7 Å². The molecule has 0 spiro atoms. The summed E-state index contributed by atoms with van der Waals surface area (Å²) < 4.78 is 0. The largest absolute Gasteiger partial charge is 2.00 e. The first-order valence-corrected chi connectivity index (χ1v) is 23.2. The zero-order valence-corrected chi connectivity index (χ0v) is 37.1. The van der Waals surface area contributed by atoms with Crippen molar-refractivity contribution < 1.29 is 21.1 Å². The Morgan fingerprint density at radius 1 is 0.138 bits per heavy atom. The first kappa shape index (κ1) is 42.6. The molecule has 0 saturated heterocycles. The Bertz CT molecular complexity index is 1860. The summed E-state index contributed by atoms with van der Waals surface area (Å²) in [6.45, 7) is 0. The quantitative estimate of drug-likeness (QED) is 0.127. The third-order valence-corrected chi connectivity index (χ3v) is 16.5. The van der Waals surface area contributed by atoms with E-state index < -0.39 is 23.8 Å². The molecule has 0 N–H and O–H groups in total. The minimum absolute atomic E-state index is 0. The van der Waals surface area contributed by atoms with Crippen molar-refractivity contribution in [2.45, 2.75) is 0 Å². The molecule has 0 aliphatic rings. The molecule has 0 aliphatic carbocycles. The summed E-state index contributed by atoms with van der Waals surface area (Å²) in [4.78, 5) is 0. The predicted octanol–water partition coefficient (Wildman–Crippen LogP) is 10.3. The molecule has 9 aromatic carbocycles. The van der Waals surface area contributed by atoms with Crippen molar-refractivity contribution in [1.82, 2.24) is 0 Å². The minimum Gasteiger partial charge on any atom is -0.0622 e. The third-order valence-electron chi connectivity index (χ3n) is 9.13. The Morgan fingerprint density at radius 2 is 0.224 bits per heavy atom. The van der Waals surface area contributed by atoms with Gasteiger partial charge in [-0.15, -0.1) is 0 Å². The molecule has 0 aromatic heterocycles. The second-order valence-corrected chi connectivity index (χ2v) is 19.7. The topological polar surface area (TPSA) is 0 Å². The zero-order chi connectivity index (χ0) is 38.7. The van der Waals surface area contributed by atoms with Crippen molar-refractivity contribution in [1.29, 1.82) is 0 Å². The maximum absolute atomic E-state index is 2.23. The first-order valence-electron chi connectivity index (χ1n) is 19.2. The van der Waals surface area contributed by atoms with Crippen LogP contribution < -0.4 is 47.7 Å². The van der Waals surface area contributed by atoms with Gasteiger partial charge in [0.2, 0.25) is 0 Å². The van der Waals surface area contributed by atoms with Gasteiger partial charge in [-0.05, 0) is 71.5 Å². The number of hydrogen-bond donors (Lipinski definition) is 0. The number of benzene rings is 9. The fraction of sp³-hybridized carbons (Fsp3) is 0. The van der Waals surface area contributed by atoms with Crippen LogP contribution in [0.1, 0.15) is 0 Å². The molecule has 284 valence electrons. The van der Waals surface area contributed by atoms with E-state index >= 15 is 0 Å². The van der Waals surface area contributed by atoms with Gasteiger partial charge in [-0.1, -0.05) is 273 Å². The molecule has 0 saturated carbocycles. The van der Waals surface area contributed by atoms with E-state index in [-0.39, 0.29) is 21.1 Å². The van der Waals surface area contributed by atoms with Gasteiger partial charge in [0.1, 0.15) is 0 Å². The van der Waals surface area contributed by atoms with Crippen molar-refractivity contribution in [3.63, 3.8) is 0 Å². The molecule has 4 heteroatoms. The standard InChI is InChI=1S/3C18H15P.Pt/c3*1-4-10-16(11-5-1)19(17-12-6-2-7-13-17)18-14-8-3-9-15-18;/h3*1-15H;/q;;;+2.